The highest BCUT2D eigenvalue weighted by Gasteiger charge is 2.30. The van der Waals surface area contributed by atoms with Crippen LogP contribution in [0.1, 0.15) is 11.5 Å². The van der Waals surface area contributed by atoms with Crippen molar-refractivity contribution in [3.63, 3.8) is 0 Å². The number of benzene rings is 1. The van der Waals surface area contributed by atoms with Gasteiger partial charge in [0.2, 0.25) is 5.91 Å². The number of ether oxygens (including phenoxy) is 1. The van der Waals surface area contributed by atoms with E-state index in [-0.39, 0.29) is 5.91 Å². The molecule has 72 valence electrons. The quantitative estimate of drug-likeness (QED) is 0.558. The molecule has 1 amide bonds. The summed E-state index contributed by atoms with van der Waals surface area (Å²) in [4.78, 5) is 21.9. The molecule has 0 aliphatic carbocycles. The second kappa shape index (κ2) is 3.14. The van der Waals surface area contributed by atoms with Gasteiger partial charge in [-0.05, 0) is 11.6 Å². The lowest BCUT2D eigenvalue weighted by atomic mass is 10.0. The molecule has 1 atom stereocenters. The van der Waals surface area contributed by atoms with Gasteiger partial charge in [0.1, 0.15) is 18.0 Å². The van der Waals surface area contributed by atoms with Crippen molar-refractivity contribution >= 4 is 17.9 Å². The second-order valence-corrected chi connectivity index (χ2v) is 3.06. The van der Waals surface area contributed by atoms with E-state index in [1.807, 2.05) is 0 Å². The average molecular weight is 191 g/mol. The minimum Gasteiger partial charge on any atom is -0.497 e. The minimum atomic E-state index is -0.670. The number of carbonyl (C=O) groups excluding carboxylic acids is 2. The Morgan fingerprint density at radius 2 is 2.29 bits per heavy atom. The number of amides is 1. The van der Waals surface area contributed by atoms with Crippen LogP contribution in [0.3, 0.4) is 0 Å². The van der Waals surface area contributed by atoms with Crippen LogP contribution >= 0.6 is 0 Å². The van der Waals surface area contributed by atoms with Crippen LogP contribution in [0.15, 0.2) is 18.2 Å². The van der Waals surface area contributed by atoms with Crippen molar-refractivity contribution in [3.05, 3.63) is 23.8 Å². The second-order valence-electron chi connectivity index (χ2n) is 3.06. The first-order valence-electron chi connectivity index (χ1n) is 4.20. The van der Waals surface area contributed by atoms with Gasteiger partial charge in [-0.25, -0.2) is 0 Å². The standard InChI is InChI=1S/C10H9NO3/c1-14-6-2-3-7-8(5-12)10(13)11-9(7)4-6/h2-5,8H,1H3,(H,11,13). The molecule has 1 heterocycles. The Morgan fingerprint density at radius 3 is 2.93 bits per heavy atom. The van der Waals surface area contributed by atoms with E-state index in [0.717, 1.165) is 0 Å². The number of nitrogens with one attached hydrogen (secondary N) is 1. The molecule has 1 aromatic rings. The number of hydrogen-bond donors (Lipinski definition) is 1. The van der Waals surface area contributed by atoms with Crippen molar-refractivity contribution in [2.45, 2.75) is 5.92 Å². The summed E-state index contributed by atoms with van der Waals surface area (Å²) in [6, 6.07) is 5.16. The van der Waals surface area contributed by atoms with E-state index in [1.165, 1.54) is 0 Å². The summed E-state index contributed by atoms with van der Waals surface area (Å²) in [5.74, 6) is -0.283. The summed E-state index contributed by atoms with van der Waals surface area (Å²) < 4.78 is 5.00. The number of methoxy groups -OCH3 is 1. The van der Waals surface area contributed by atoms with Crippen LogP contribution in [-0.2, 0) is 9.59 Å². The van der Waals surface area contributed by atoms with Crippen molar-refractivity contribution in [2.75, 3.05) is 12.4 Å². The molecule has 2 rings (SSSR count). The Morgan fingerprint density at radius 1 is 1.50 bits per heavy atom. The number of hydrogen-bond acceptors (Lipinski definition) is 3. The number of aldehydes is 1. The molecule has 4 heteroatoms. The fourth-order valence-corrected chi connectivity index (χ4v) is 1.53. The van der Waals surface area contributed by atoms with Crippen molar-refractivity contribution in [1.29, 1.82) is 0 Å². The zero-order valence-corrected chi connectivity index (χ0v) is 7.61. The third-order valence-corrected chi connectivity index (χ3v) is 2.27. The van der Waals surface area contributed by atoms with Crippen molar-refractivity contribution < 1.29 is 14.3 Å². The first-order valence-corrected chi connectivity index (χ1v) is 4.20. The van der Waals surface area contributed by atoms with Gasteiger partial charge in [-0.15, -0.1) is 0 Å². The van der Waals surface area contributed by atoms with Crippen LogP contribution in [0.25, 0.3) is 0 Å². The van der Waals surface area contributed by atoms with E-state index in [2.05, 4.69) is 5.32 Å². The van der Waals surface area contributed by atoms with Gasteiger partial charge >= 0.3 is 0 Å². The maximum absolute atomic E-state index is 11.3. The Balaban J connectivity index is 2.47. The molecular formula is C10H9NO3. The fourth-order valence-electron chi connectivity index (χ4n) is 1.53. The molecule has 0 saturated heterocycles. The molecule has 0 saturated carbocycles. The van der Waals surface area contributed by atoms with Crippen LogP contribution in [0.4, 0.5) is 5.69 Å². The summed E-state index contributed by atoms with van der Waals surface area (Å²) in [6.07, 6.45) is 0.646. The molecule has 1 aliphatic heterocycles. The highest BCUT2D eigenvalue weighted by Crippen LogP contribution is 2.33. The number of carbonyl (C=O) groups is 2. The molecular weight excluding hydrogens is 182 g/mol. The molecule has 1 aliphatic rings. The van der Waals surface area contributed by atoms with Crippen LogP contribution in [0, 0.1) is 0 Å². The lowest BCUT2D eigenvalue weighted by molar-refractivity contribution is -0.121. The molecule has 4 nitrogen and oxygen atoms in total. The van der Waals surface area contributed by atoms with E-state index in [1.54, 1.807) is 25.3 Å². The van der Waals surface area contributed by atoms with E-state index in [9.17, 15) is 9.59 Å². The number of anilines is 1. The normalized spacial score (nSPS) is 18.6. The third-order valence-electron chi connectivity index (χ3n) is 2.27. The van der Waals surface area contributed by atoms with Crippen LogP contribution in [0.5, 0.6) is 5.75 Å². The van der Waals surface area contributed by atoms with Crippen molar-refractivity contribution in [3.8, 4) is 5.75 Å². The van der Waals surface area contributed by atoms with Crippen LogP contribution in [0.2, 0.25) is 0 Å². The molecule has 0 radical (unpaired) electrons. The molecule has 1 N–H and O–H groups in total. The van der Waals surface area contributed by atoms with Gasteiger partial charge in [0.25, 0.3) is 0 Å². The maximum Gasteiger partial charge on any atom is 0.239 e. The summed E-state index contributed by atoms with van der Waals surface area (Å²) in [6.45, 7) is 0. The summed E-state index contributed by atoms with van der Waals surface area (Å²) >= 11 is 0. The largest absolute Gasteiger partial charge is 0.497 e. The molecule has 0 aromatic heterocycles. The topological polar surface area (TPSA) is 55.4 Å². The number of rotatable bonds is 2. The summed E-state index contributed by atoms with van der Waals surface area (Å²) in [5, 5.41) is 2.62. The molecule has 0 fully saturated rings. The molecule has 14 heavy (non-hydrogen) atoms. The number of fused-ring (bicyclic) bond motifs is 1. The lowest BCUT2D eigenvalue weighted by Crippen LogP contribution is -2.12. The van der Waals surface area contributed by atoms with Gasteiger partial charge in [-0.3, -0.25) is 4.79 Å². The van der Waals surface area contributed by atoms with E-state index < -0.39 is 5.92 Å². The van der Waals surface area contributed by atoms with Gasteiger partial charge in [0.15, 0.2) is 0 Å². The predicted molar refractivity (Wildman–Crippen MR) is 50.4 cm³/mol. The van der Waals surface area contributed by atoms with Gasteiger partial charge in [-0.2, -0.15) is 0 Å². The van der Waals surface area contributed by atoms with Crippen molar-refractivity contribution in [2.24, 2.45) is 0 Å². The molecule has 1 aromatic carbocycles. The Kier molecular flexibility index (Phi) is 1.96. The average Bonchev–Trinajstić information content (AvgIpc) is 2.51. The third kappa shape index (κ3) is 1.16. The van der Waals surface area contributed by atoms with E-state index >= 15 is 0 Å². The van der Waals surface area contributed by atoms with Gasteiger partial charge in [0.05, 0.1) is 7.11 Å². The Bertz CT molecular complexity index is 400. The zero-order chi connectivity index (χ0) is 10.1. The fraction of sp³-hybridized carbons (Fsp3) is 0.200. The zero-order valence-electron chi connectivity index (χ0n) is 7.61. The lowest BCUT2D eigenvalue weighted by Gasteiger charge is -2.02. The van der Waals surface area contributed by atoms with Crippen LogP contribution in [-0.4, -0.2) is 19.3 Å². The van der Waals surface area contributed by atoms with Gasteiger partial charge < -0.3 is 14.8 Å². The van der Waals surface area contributed by atoms with Gasteiger partial charge in [0, 0.05) is 11.8 Å². The minimum absolute atomic E-state index is 0.275. The molecule has 0 bridgehead atoms. The smallest absolute Gasteiger partial charge is 0.239 e. The Hall–Kier alpha value is -1.84. The maximum atomic E-state index is 11.3. The highest BCUT2D eigenvalue weighted by atomic mass is 16.5. The van der Waals surface area contributed by atoms with Gasteiger partial charge in [-0.1, -0.05) is 6.07 Å². The first kappa shape index (κ1) is 8.74. The first-order chi connectivity index (χ1) is 6.76. The summed E-state index contributed by atoms with van der Waals surface area (Å²) in [7, 11) is 1.55. The Labute approximate surface area is 80.9 Å². The van der Waals surface area contributed by atoms with E-state index in [0.29, 0.717) is 23.3 Å². The predicted octanol–water partition coefficient (Wildman–Crippen LogP) is 0.930. The summed E-state index contributed by atoms with van der Waals surface area (Å²) in [5.41, 5.74) is 1.37. The van der Waals surface area contributed by atoms with Crippen molar-refractivity contribution in [1.82, 2.24) is 0 Å². The van der Waals surface area contributed by atoms with Crippen LogP contribution < -0.4 is 10.1 Å². The molecule has 1 unspecified atom stereocenters. The SMILES string of the molecule is COc1ccc2c(c1)NC(=O)C2C=O. The molecule has 0 spiro atoms. The monoisotopic (exact) mass is 191 g/mol. The van der Waals surface area contributed by atoms with E-state index in [4.69, 9.17) is 4.74 Å². The highest BCUT2D eigenvalue weighted by molar-refractivity contribution is 6.11.